The molecule has 0 radical (unpaired) electrons. The lowest BCUT2D eigenvalue weighted by molar-refractivity contribution is -0.0585. The molecule has 0 unspecified atom stereocenters. The number of amides is 1. The predicted molar refractivity (Wildman–Crippen MR) is 71.2 cm³/mol. The van der Waals surface area contributed by atoms with Crippen molar-refractivity contribution in [3.63, 3.8) is 0 Å². The Morgan fingerprint density at radius 3 is 2.68 bits per heavy atom. The van der Waals surface area contributed by atoms with Crippen molar-refractivity contribution in [2.24, 2.45) is 0 Å². The van der Waals surface area contributed by atoms with Crippen molar-refractivity contribution in [2.75, 3.05) is 26.3 Å². The second-order valence-corrected chi connectivity index (χ2v) is 5.80. The van der Waals surface area contributed by atoms with Gasteiger partial charge in [0.25, 0.3) is 5.91 Å². The maximum absolute atomic E-state index is 12.6. The monoisotopic (exact) mass is 283 g/mol. The van der Waals surface area contributed by atoms with Crippen LogP contribution in [0.1, 0.15) is 23.5 Å². The summed E-state index contributed by atoms with van der Waals surface area (Å²) < 4.78 is 16.7. The Hall–Kier alpha value is -1.27. The molecule has 3 rings (SSSR count). The van der Waals surface area contributed by atoms with Crippen molar-refractivity contribution in [2.45, 2.75) is 26.1 Å². The highest BCUT2D eigenvalue weighted by atomic mass is 32.1. The fourth-order valence-electron chi connectivity index (χ4n) is 2.50. The lowest BCUT2D eigenvalue weighted by Gasteiger charge is -2.35. The summed E-state index contributed by atoms with van der Waals surface area (Å²) >= 11 is 1.39. The first-order valence-electron chi connectivity index (χ1n) is 6.47. The molecule has 6 heteroatoms. The highest BCUT2D eigenvalue weighted by molar-refractivity contribution is 7.12. The van der Waals surface area contributed by atoms with E-state index in [9.17, 15) is 4.79 Å². The number of nitrogens with zero attached hydrogens (tertiary/aromatic N) is 1. The fourth-order valence-corrected chi connectivity index (χ4v) is 3.39. The molecule has 2 aliphatic rings. The molecule has 1 saturated heterocycles. The van der Waals surface area contributed by atoms with Crippen LogP contribution in [0.15, 0.2) is 5.38 Å². The number of hydrogen-bond donors (Lipinski definition) is 0. The third-order valence-electron chi connectivity index (χ3n) is 3.20. The van der Waals surface area contributed by atoms with E-state index in [2.05, 4.69) is 0 Å². The molecule has 1 fully saturated rings. The Labute approximate surface area is 116 Å². The van der Waals surface area contributed by atoms with E-state index in [1.807, 2.05) is 24.1 Å². The summed E-state index contributed by atoms with van der Waals surface area (Å²) in [6.45, 7) is 6.26. The average molecular weight is 283 g/mol. The maximum atomic E-state index is 12.6. The van der Waals surface area contributed by atoms with Crippen molar-refractivity contribution >= 4 is 17.2 Å². The van der Waals surface area contributed by atoms with Crippen LogP contribution in [0.4, 0.5) is 0 Å². The van der Waals surface area contributed by atoms with E-state index in [0.717, 1.165) is 0 Å². The van der Waals surface area contributed by atoms with Gasteiger partial charge in [0.2, 0.25) is 0 Å². The smallest absolute Gasteiger partial charge is 0.268 e. The Morgan fingerprint density at radius 2 is 1.95 bits per heavy atom. The van der Waals surface area contributed by atoms with Crippen LogP contribution in [-0.4, -0.2) is 49.3 Å². The molecule has 0 saturated carbocycles. The molecular weight excluding hydrogens is 266 g/mol. The van der Waals surface area contributed by atoms with Gasteiger partial charge in [0.15, 0.2) is 11.5 Å². The predicted octanol–water partition coefficient (Wildman–Crippen LogP) is 1.77. The molecular formula is C13H17NO4S. The molecule has 104 valence electrons. The highest BCUT2D eigenvalue weighted by Crippen LogP contribution is 2.40. The molecule has 0 spiro atoms. The van der Waals surface area contributed by atoms with Crippen molar-refractivity contribution in [1.29, 1.82) is 0 Å². The molecule has 2 atom stereocenters. The average Bonchev–Trinajstić information content (AvgIpc) is 2.80. The largest absolute Gasteiger partial charge is 0.485 e. The summed E-state index contributed by atoms with van der Waals surface area (Å²) in [7, 11) is 0. The Kier molecular flexibility index (Phi) is 3.36. The van der Waals surface area contributed by atoms with Crippen LogP contribution in [0.3, 0.4) is 0 Å². The van der Waals surface area contributed by atoms with E-state index in [-0.39, 0.29) is 18.1 Å². The summed E-state index contributed by atoms with van der Waals surface area (Å²) in [5.74, 6) is 1.31. The first kappa shape index (κ1) is 12.7. The zero-order valence-electron chi connectivity index (χ0n) is 11.0. The summed E-state index contributed by atoms with van der Waals surface area (Å²) in [4.78, 5) is 15.0. The van der Waals surface area contributed by atoms with E-state index < -0.39 is 0 Å². The van der Waals surface area contributed by atoms with Crippen molar-refractivity contribution < 1.29 is 19.0 Å². The van der Waals surface area contributed by atoms with Crippen molar-refractivity contribution in [1.82, 2.24) is 4.90 Å². The third-order valence-corrected chi connectivity index (χ3v) is 4.13. The molecule has 1 aromatic heterocycles. The molecule has 2 aliphatic heterocycles. The number of hydrogen-bond acceptors (Lipinski definition) is 5. The minimum absolute atomic E-state index is 0.0127. The van der Waals surface area contributed by atoms with Crippen LogP contribution in [0.5, 0.6) is 11.5 Å². The van der Waals surface area contributed by atoms with Crippen LogP contribution in [0.25, 0.3) is 0 Å². The van der Waals surface area contributed by atoms with Crippen molar-refractivity contribution in [3.05, 3.63) is 10.3 Å². The Balaban J connectivity index is 1.82. The summed E-state index contributed by atoms with van der Waals surface area (Å²) in [5, 5.41) is 1.84. The molecule has 19 heavy (non-hydrogen) atoms. The van der Waals surface area contributed by atoms with Gasteiger partial charge in [0.1, 0.15) is 18.1 Å². The van der Waals surface area contributed by atoms with E-state index in [4.69, 9.17) is 14.2 Å². The normalized spacial score (nSPS) is 26.3. The Bertz CT molecular complexity index is 477. The van der Waals surface area contributed by atoms with Gasteiger partial charge in [-0.2, -0.15) is 0 Å². The highest BCUT2D eigenvalue weighted by Gasteiger charge is 2.31. The molecule has 0 bridgehead atoms. The first-order valence-corrected chi connectivity index (χ1v) is 7.35. The van der Waals surface area contributed by atoms with Gasteiger partial charge in [-0.25, -0.2) is 0 Å². The number of rotatable bonds is 1. The minimum atomic E-state index is 0.0127. The SMILES string of the molecule is C[C@H]1CN(C(=O)c2scc3c2OCCO3)C[C@H](C)O1. The maximum Gasteiger partial charge on any atom is 0.268 e. The molecule has 1 aromatic rings. The van der Waals surface area contributed by atoms with E-state index >= 15 is 0 Å². The van der Waals surface area contributed by atoms with Gasteiger partial charge < -0.3 is 19.1 Å². The summed E-state index contributed by atoms with van der Waals surface area (Å²) in [6, 6.07) is 0. The standard InChI is InChI=1S/C13H17NO4S/c1-8-5-14(6-9(2)18-8)13(15)12-11-10(7-19-12)16-3-4-17-11/h7-9H,3-6H2,1-2H3/t8-,9-/m0/s1. The van der Waals surface area contributed by atoms with E-state index in [1.54, 1.807) is 0 Å². The molecule has 0 N–H and O–H groups in total. The topological polar surface area (TPSA) is 48.0 Å². The Morgan fingerprint density at radius 1 is 1.26 bits per heavy atom. The van der Waals surface area contributed by atoms with Crippen LogP contribution < -0.4 is 9.47 Å². The van der Waals surface area contributed by atoms with Gasteiger partial charge in [-0.05, 0) is 13.8 Å². The quantitative estimate of drug-likeness (QED) is 0.788. The minimum Gasteiger partial charge on any atom is -0.485 e. The van der Waals surface area contributed by atoms with Crippen LogP contribution in [0.2, 0.25) is 0 Å². The number of fused-ring (bicyclic) bond motifs is 1. The van der Waals surface area contributed by atoms with Gasteiger partial charge in [-0.3, -0.25) is 4.79 Å². The van der Waals surface area contributed by atoms with Crippen LogP contribution >= 0.6 is 11.3 Å². The lowest BCUT2D eigenvalue weighted by atomic mass is 10.2. The number of ether oxygens (including phenoxy) is 3. The van der Waals surface area contributed by atoms with Gasteiger partial charge in [0.05, 0.1) is 12.2 Å². The van der Waals surface area contributed by atoms with Gasteiger partial charge in [-0.15, -0.1) is 11.3 Å². The van der Waals surface area contributed by atoms with Gasteiger partial charge >= 0.3 is 0 Å². The van der Waals surface area contributed by atoms with Gasteiger partial charge in [0, 0.05) is 18.5 Å². The molecule has 0 aromatic carbocycles. The fraction of sp³-hybridized carbons (Fsp3) is 0.615. The lowest BCUT2D eigenvalue weighted by Crippen LogP contribution is -2.48. The second-order valence-electron chi connectivity index (χ2n) is 4.92. The molecule has 0 aliphatic carbocycles. The zero-order valence-corrected chi connectivity index (χ0v) is 11.9. The summed E-state index contributed by atoms with van der Waals surface area (Å²) in [6.07, 6.45) is 0.140. The number of thiophene rings is 1. The molecule has 1 amide bonds. The second kappa shape index (κ2) is 5.02. The number of morpholine rings is 1. The van der Waals surface area contributed by atoms with E-state index in [0.29, 0.717) is 42.7 Å². The number of carbonyl (C=O) groups is 1. The van der Waals surface area contributed by atoms with Crippen molar-refractivity contribution in [3.8, 4) is 11.5 Å². The van der Waals surface area contributed by atoms with Crippen LogP contribution in [0, 0.1) is 0 Å². The zero-order chi connectivity index (χ0) is 13.4. The first-order chi connectivity index (χ1) is 9.15. The van der Waals surface area contributed by atoms with Crippen LogP contribution in [-0.2, 0) is 4.74 Å². The summed E-state index contributed by atoms with van der Waals surface area (Å²) in [5.41, 5.74) is 0. The molecule has 3 heterocycles. The number of carbonyl (C=O) groups excluding carboxylic acids is 1. The van der Waals surface area contributed by atoms with E-state index in [1.165, 1.54) is 11.3 Å². The third kappa shape index (κ3) is 2.42. The van der Waals surface area contributed by atoms with Gasteiger partial charge in [-0.1, -0.05) is 0 Å². The molecule has 5 nitrogen and oxygen atoms in total.